The van der Waals surface area contributed by atoms with Crippen LogP contribution in [0.2, 0.25) is 10.3 Å². The van der Waals surface area contributed by atoms with Crippen LogP contribution in [-0.2, 0) is 9.59 Å². The summed E-state index contributed by atoms with van der Waals surface area (Å²) in [6.45, 7) is 2.11. The Morgan fingerprint density at radius 2 is 2.11 bits per heavy atom. The molecule has 1 unspecified atom stereocenters. The zero-order valence-electron chi connectivity index (χ0n) is 10.2. The third kappa shape index (κ3) is 3.84. The predicted molar refractivity (Wildman–Crippen MR) is 77.9 cm³/mol. The monoisotopic (exact) mass is 318 g/mol. The highest BCUT2D eigenvalue weighted by Gasteiger charge is 2.31. The van der Waals surface area contributed by atoms with Crippen LogP contribution in [0.5, 0.6) is 0 Å². The van der Waals surface area contributed by atoms with E-state index in [0.29, 0.717) is 24.4 Å². The van der Waals surface area contributed by atoms with Crippen molar-refractivity contribution in [2.75, 3.05) is 17.2 Å². The molecule has 1 atom stereocenters. The predicted octanol–water partition coefficient (Wildman–Crippen LogP) is 3.02. The molecule has 0 spiro atoms. The number of carbonyl (C=O) groups is 2. The van der Waals surface area contributed by atoms with Gasteiger partial charge in [0.1, 0.15) is 10.3 Å². The molecule has 0 N–H and O–H groups in total. The standard InChI is InChI=1S/C12H12Cl2N2O2S/c1-7(17)19-6-8-2-12(18)16(5-8)9-3-10(13)15-11(14)4-9/h3-4,8H,2,5-6H2,1H3. The summed E-state index contributed by atoms with van der Waals surface area (Å²) in [6.07, 6.45) is 0.442. The first-order valence-corrected chi connectivity index (χ1v) is 7.46. The van der Waals surface area contributed by atoms with E-state index < -0.39 is 0 Å². The van der Waals surface area contributed by atoms with Crippen LogP contribution in [0.25, 0.3) is 0 Å². The maximum atomic E-state index is 12.0. The summed E-state index contributed by atoms with van der Waals surface area (Å²) >= 11 is 12.9. The number of aromatic nitrogens is 1. The minimum Gasteiger partial charge on any atom is -0.312 e. The molecule has 4 nitrogen and oxygen atoms in total. The second-order valence-corrected chi connectivity index (χ2v) is 6.32. The molecule has 0 radical (unpaired) electrons. The molecule has 0 aliphatic carbocycles. The van der Waals surface area contributed by atoms with Crippen LogP contribution in [0.1, 0.15) is 13.3 Å². The molecule has 1 amide bonds. The molecule has 1 saturated heterocycles. The van der Waals surface area contributed by atoms with Crippen LogP contribution in [0.4, 0.5) is 5.69 Å². The van der Waals surface area contributed by atoms with Gasteiger partial charge < -0.3 is 4.90 Å². The zero-order valence-corrected chi connectivity index (χ0v) is 12.6. The number of rotatable bonds is 3. The van der Waals surface area contributed by atoms with E-state index in [4.69, 9.17) is 23.2 Å². The van der Waals surface area contributed by atoms with Crippen molar-refractivity contribution in [1.29, 1.82) is 0 Å². The molecule has 2 rings (SSSR count). The largest absolute Gasteiger partial charge is 0.312 e. The van der Waals surface area contributed by atoms with Crippen LogP contribution < -0.4 is 4.90 Å². The summed E-state index contributed by atoms with van der Waals surface area (Å²) in [6, 6.07) is 3.23. The van der Waals surface area contributed by atoms with E-state index in [2.05, 4.69) is 4.98 Å². The Bertz CT molecular complexity index is 504. The molecule has 1 aliphatic rings. The van der Waals surface area contributed by atoms with Crippen molar-refractivity contribution in [1.82, 2.24) is 4.98 Å². The minimum atomic E-state index is 0.0208. The zero-order chi connectivity index (χ0) is 14.0. The van der Waals surface area contributed by atoms with Crippen molar-refractivity contribution in [2.24, 2.45) is 5.92 Å². The number of anilines is 1. The number of pyridine rings is 1. The lowest BCUT2D eigenvalue weighted by atomic mass is 10.1. The van der Waals surface area contributed by atoms with Crippen molar-refractivity contribution in [3.05, 3.63) is 22.4 Å². The fourth-order valence-electron chi connectivity index (χ4n) is 1.99. The molecule has 7 heteroatoms. The van der Waals surface area contributed by atoms with Crippen molar-refractivity contribution in [3.63, 3.8) is 0 Å². The van der Waals surface area contributed by atoms with Gasteiger partial charge in [-0.25, -0.2) is 4.98 Å². The lowest BCUT2D eigenvalue weighted by molar-refractivity contribution is -0.117. The smallest absolute Gasteiger partial charge is 0.227 e. The van der Waals surface area contributed by atoms with Gasteiger partial charge in [0.2, 0.25) is 5.91 Å². The number of halogens is 2. The maximum Gasteiger partial charge on any atom is 0.227 e. The van der Waals surface area contributed by atoms with Crippen LogP contribution in [-0.4, -0.2) is 28.3 Å². The molecular formula is C12H12Cl2N2O2S. The van der Waals surface area contributed by atoms with Gasteiger partial charge in [-0.15, -0.1) is 0 Å². The van der Waals surface area contributed by atoms with E-state index in [0.717, 1.165) is 0 Å². The first kappa shape index (κ1) is 14.6. The quantitative estimate of drug-likeness (QED) is 0.804. The molecular weight excluding hydrogens is 307 g/mol. The topological polar surface area (TPSA) is 50.3 Å². The van der Waals surface area contributed by atoms with Crippen LogP contribution in [0, 0.1) is 5.92 Å². The fourth-order valence-corrected chi connectivity index (χ4v) is 3.13. The van der Waals surface area contributed by atoms with E-state index >= 15 is 0 Å². The molecule has 1 fully saturated rings. The van der Waals surface area contributed by atoms with Gasteiger partial charge >= 0.3 is 0 Å². The molecule has 0 bridgehead atoms. The summed E-state index contributed by atoms with van der Waals surface area (Å²) in [4.78, 5) is 28.4. The summed E-state index contributed by atoms with van der Waals surface area (Å²) in [5, 5.41) is 0.592. The van der Waals surface area contributed by atoms with Gasteiger partial charge in [-0.3, -0.25) is 9.59 Å². The Kier molecular flexibility index (Phi) is 4.71. The van der Waals surface area contributed by atoms with E-state index in [1.807, 2.05) is 0 Å². The second kappa shape index (κ2) is 6.11. The molecule has 19 heavy (non-hydrogen) atoms. The minimum absolute atomic E-state index is 0.0208. The van der Waals surface area contributed by atoms with Crippen LogP contribution in [0.3, 0.4) is 0 Å². The lowest BCUT2D eigenvalue weighted by Gasteiger charge is -2.17. The highest BCUT2D eigenvalue weighted by Crippen LogP contribution is 2.30. The van der Waals surface area contributed by atoms with Crippen molar-refractivity contribution in [2.45, 2.75) is 13.3 Å². The summed E-state index contributed by atoms with van der Waals surface area (Å²) < 4.78 is 0. The van der Waals surface area contributed by atoms with Gasteiger partial charge in [-0.2, -0.15) is 0 Å². The Balaban J connectivity index is 2.09. The highest BCUT2D eigenvalue weighted by molar-refractivity contribution is 8.13. The van der Waals surface area contributed by atoms with Crippen molar-refractivity contribution in [3.8, 4) is 0 Å². The fraction of sp³-hybridized carbons (Fsp3) is 0.417. The average molecular weight is 319 g/mol. The number of nitrogens with zero attached hydrogens (tertiary/aromatic N) is 2. The van der Waals surface area contributed by atoms with E-state index in [1.165, 1.54) is 18.7 Å². The Morgan fingerprint density at radius 1 is 1.47 bits per heavy atom. The summed E-state index contributed by atoms with van der Waals surface area (Å²) in [7, 11) is 0. The van der Waals surface area contributed by atoms with E-state index in [1.54, 1.807) is 17.0 Å². The van der Waals surface area contributed by atoms with Gasteiger partial charge in [0, 0.05) is 31.3 Å². The molecule has 1 aliphatic heterocycles. The highest BCUT2D eigenvalue weighted by atomic mass is 35.5. The van der Waals surface area contributed by atoms with Crippen LogP contribution in [0.15, 0.2) is 12.1 Å². The molecule has 1 aromatic rings. The third-order valence-corrected chi connectivity index (χ3v) is 4.22. The Hall–Kier alpha value is -0.780. The first-order valence-electron chi connectivity index (χ1n) is 5.72. The van der Waals surface area contributed by atoms with Crippen LogP contribution >= 0.6 is 35.0 Å². The first-order chi connectivity index (χ1) is 8.95. The van der Waals surface area contributed by atoms with Gasteiger partial charge in [0.25, 0.3) is 0 Å². The number of hydrogen-bond donors (Lipinski definition) is 0. The molecule has 2 heterocycles. The van der Waals surface area contributed by atoms with Gasteiger partial charge in [-0.05, 0) is 18.1 Å². The van der Waals surface area contributed by atoms with E-state index in [9.17, 15) is 9.59 Å². The number of carbonyl (C=O) groups excluding carboxylic acids is 2. The Morgan fingerprint density at radius 3 is 2.68 bits per heavy atom. The SMILES string of the molecule is CC(=O)SCC1CC(=O)N(c2cc(Cl)nc(Cl)c2)C1. The molecule has 102 valence electrons. The molecule has 1 aromatic heterocycles. The maximum absolute atomic E-state index is 12.0. The molecule has 0 saturated carbocycles. The van der Waals surface area contributed by atoms with Gasteiger partial charge in [-0.1, -0.05) is 35.0 Å². The number of thioether (sulfide) groups is 1. The summed E-state index contributed by atoms with van der Waals surface area (Å²) in [5.41, 5.74) is 0.658. The van der Waals surface area contributed by atoms with Gasteiger partial charge in [0.15, 0.2) is 5.12 Å². The number of amides is 1. The van der Waals surface area contributed by atoms with Crippen molar-refractivity contribution >= 4 is 51.7 Å². The normalized spacial score (nSPS) is 19.0. The third-order valence-electron chi connectivity index (χ3n) is 2.79. The van der Waals surface area contributed by atoms with Crippen molar-refractivity contribution < 1.29 is 9.59 Å². The number of hydrogen-bond acceptors (Lipinski definition) is 4. The average Bonchev–Trinajstić information content (AvgIpc) is 2.66. The molecule has 0 aromatic carbocycles. The summed E-state index contributed by atoms with van der Waals surface area (Å²) in [5.74, 6) is 0.851. The Labute approximate surface area is 125 Å². The lowest BCUT2D eigenvalue weighted by Crippen LogP contribution is -2.24. The van der Waals surface area contributed by atoms with Gasteiger partial charge in [0.05, 0.1) is 0 Å². The second-order valence-electron chi connectivity index (χ2n) is 4.35. The van der Waals surface area contributed by atoms with E-state index in [-0.39, 0.29) is 27.2 Å².